The number of furan rings is 1. The van der Waals surface area contributed by atoms with Gasteiger partial charge >= 0.3 is 0 Å². The fraction of sp³-hybridized carbons (Fsp3) is 0.214. The zero-order valence-corrected chi connectivity index (χ0v) is 11.2. The highest BCUT2D eigenvalue weighted by Gasteiger charge is 2.07. The first-order valence-electron chi connectivity index (χ1n) is 6.51. The van der Waals surface area contributed by atoms with E-state index in [1.807, 2.05) is 49.4 Å². The molecule has 0 unspecified atom stereocenters. The lowest BCUT2D eigenvalue weighted by atomic mass is 10.2. The third-order valence-corrected chi connectivity index (χ3v) is 2.97. The van der Waals surface area contributed by atoms with Gasteiger partial charge in [-0.1, -0.05) is 35.4 Å². The molecule has 0 spiro atoms. The van der Waals surface area contributed by atoms with Gasteiger partial charge in [-0.2, -0.15) is 0 Å². The predicted molar refractivity (Wildman–Crippen MR) is 75.0 cm³/mol. The largest absolute Gasteiger partial charge is 0.459 e. The lowest BCUT2D eigenvalue weighted by Gasteiger charge is -2.03. The van der Waals surface area contributed by atoms with Gasteiger partial charge in [0.2, 0.25) is 5.95 Å². The topological polar surface area (TPSA) is 68.8 Å². The van der Waals surface area contributed by atoms with Crippen molar-refractivity contribution in [2.24, 2.45) is 0 Å². The number of hydrogen-bond acceptors (Lipinski definition) is 5. The van der Waals surface area contributed by atoms with Crippen LogP contribution in [0.1, 0.15) is 12.7 Å². The summed E-state index contributed by atoms with van der Waals surface area (Å²) in [6.45, 7) is 3.26. The number of aryl methyl sites for hydroxylation is 1. The SMILES string of the molecule is CCn1nnnc1NCc1ccc(-c2ccccc2)o1. The summed E-state index contributed by atoms with van der Waals surface area (Å²) in [5, 5.41) is 14.6. The molecule has 0 atom stereocenters. The first-order valence-corrected chi connectivity index (χ1v) is 6.51. The van der Waals surface area contributed by atoms with E-state index in [2.05, 4.69) is 20.8 Å². The monoisotopic (exact) mass is 269 g/mol. The molecule has 2 heterocycles. The lowest BCUT2D eigenvalue weighted by Crippen LogP contribution is -2.07. The Morgan fingerprint density at radius 3 is 2.80 bits per heavy atom. The molecule has 0 amide bonds. The van der Waals surface area contributed by atoms with E-state index in [1.54, 1.807) is 4.68 Å². The van der Waals surface area contributed by atoms with Gasteiger partial charge in [-0.15, -0.1) is 0 Å². The van der Waals surface area contributed by atoms with E-state index in [0.717, 1.165) is 23.6 Å². The highest BCUT2D eigenvalue weighted by molar-refractivity contribution is 5.57. The Bertz CT molecular complexity index is 674. The van der Waals surface area contributed by atoms with Crippen molar-refractivity contribution in [3.8, 4) is 11.3 Å². The van der Waals surface area contributed by atoms with E-state index >= 15 is 0 Å². The average Bonchev–Trinajstić information content (AvgIpc) is 3.15. The zero-order chi connectivity index (χ0) is 13.8. The van der Waals surface area contributed by atoms with Crippen LogP contribution >= 0.6 is 0 Å². The molecule has 2 aromatic heterocycles. The summed E-state index contributed by atoms with van der Waals surface area (Å²) in [6.07, 6.45) is 0. The smallest absolute Gasteiger partial charge is 0.243 e. The summed E-state index contributed by atoms with van der Waals surface area (Å²) in [6, 6.07) is 13.9. The molecule has 0 aliphatic heterocycles. The summed E-state index contributed by atoms with van der Waals surface area (Å²) in [5.74, 6) is 2.34. The van der Waals surface area contributed by atoms with Crippen LogP contribution in [0.4, 0.5) is 5.95 Å². The van der Waals surface area contributed by atoms with Crippen molar-refractivity contribution in [2.75, 3.05) is 5.32 Å². The first kappa shape index (κ1) is 12.4. The van der Waals surface area contributed by atoms with Crippen LogP contribution in [0.25, 0.3) is 11.3 Å². The lowest BCUT2D eigenvalue weighted by molar-refractivity contribution is 0.529. The molecule has 3 rings (SSSR count). The Morgan fingerprint density at radius 1 is 1.15 bits per heavy atom. The highest BCUT2D eigenvalue weighted by Crippen LogP contribution is 2.22. The van der Waals surface area contributed by atoms with Crippen molar-refractivity contribution < 1.29 is 4.42 Å². The van der Waals surface area contributed by atoms with Gasteiger partial charge in [-0.25, -0.2) is 4.68 Å². The molecule has 0 saturated heterocycles. The fourth-order valence-electron chi connectivity index (χ4n) is 1.94. The minimum absolute atomic E-state index is 0.549. The Balaban J connectivity index is 1.69. The van der Waals surface area contributed by atoms with Gasteiger partial charge in [0.05, 0.1) is 6.54 Å². The molecule has 0 fully saturated rings. The van der Waals surface area contributed by atoms with Crippen LogP contribution < -0.4 is 5.32 Å². The molecule has 20 heavy (non-hydrogen) atoms. The number of nitrogens with zero attached hydrogens (tertiary/aromatic N) is 4. The van der Waals surface area contributed by atoms with Gasteiger partial charge in [0.15, 0.2) is 0 Å². The summed E-state index contributed by atoms with van der Waals surface area (Å²) in [4.78, 5) is 0. The van der Waals surface area contributed by atoms with Gasteiger partial charge in [0, 0.05) is 12.1 Å². The molecule has 0 saturated carbocycles. The van der Waals surface area contributed by atoms with Crippen LogP contribution in [0.3, 0.4) is 0 Å². The third-order valence-electron chi connectivity index (χ3n) is 2.97. The molecule has 102 valence electrons. The van der Waals surface area contributed by atoms with Crippen LogP contribution in [-0.4, -0.2) is 20.2 Å². The molecule has 3 aromatic rings. The summed E-state index contributed by atoms with van der Waals surface area (Å²) >= 11 is 0. The summed E-state index contributed by atoms with van der Waals surface area (Å²) in [7, 11) is 0. The first-order chi connectivity index (χ1) is 9.86. The molecule has 0 aliphatic carbocycles. The maximum absolute atomic E-state index is 5.80. The second-order valence-electron chi connectivity index (χ2n) is 4.30. The normalized spacial score (nSPS) is 10.7. The van der Waals surface area contributed by atoms with Crippen molar-refractivity contribution in [1.82, 2.24) is 20.2 Å². The zero-order valence-electron chi connectivity index (χ0n) is 11.2. The minimum atomic E-state index is 0.549. The Morgan fingerprint density at radius 2 is 2.00 bits per heavy atom. The molecule has 1 N–H and O–H groups in total. The fourth-order valence-corrected chi connectivity index (χ4v) is 1.94. The van der Waals surface area contributed by atoms with Crippen LogP contribution in [0, 0.1) is 0 Å². The molecule has 0 radical (unpaired) electrons. The molecule has 6 heteroatoms. The maximum atomic E-state index is 5.80. The Labute approximate surface area is 116 Å². The summed E-state index contributed by atoms with van der Waals surface area (Å²) in [5.41, 5.74) is 1.07. The van der Waals surface area contributed by atoms with E-state index in [9.17, 15) is 0 Å². The quantitative estimate of drug-likeness (QED) is 0.771. The van der Waals surface area contributed by atoms with Gasteiger partial charge in [-0.3, -0.25) is 0 Å². The van der Waals surface area contributed by atoms with E-state index in [0.29, 0.717) is 12.5 Å². The predicted octanol–water partition coefficient (Wildman–Crippen LogP) is 2.57. The maximum Gasteiger partial charge on any atom is 0.243 e. The van der Waals surface area contributed by atoms with Gasteiger partial charge in [0.1, 0.15) is 11.5 Å². The third kappa shape index (κ3) is 2.54. The van der Waals surface area contributed by atoms with Crippen molar-refractivity contribution >= 4 is 5.95 Å². The number of rotatable bonds is 5. The molecule has 0 aliphatic rings. The van der Waals surface area contributed by atoms with Gasteiger partial charge in [-0.05, 0) is 29.5 Å². The van der Waals surface area contributed by atoms with Gasteiger partial charge in [0.25, 0.3) is 0 Å². The van der Waals surface area contributed by atoms with E-state index < -0.39 is 0 Å². The van der Waals surface area contributed by atoms with Crippen molar-refractivity contribution in [1.29, 1.82) is 0 Å². The summed E-state index contributed by atoms with van der Waals surface area (Å²) < 4.78 is 7.50. The van der Waals surface area contributed by atoms with Crippen molar-refractivity contribution in [2.45, 2.75) is 20.0 Å². The molecule has 6 nitrogen and oxygen atoms in total. The number of nitrogens with one attached hydrogen (secondary N) is 1. The standard InChI is InChI=1S/C14H15N5O/c1-2-19-14(16-17-18-19)15-10-12-8-9-13(20-12)11-6-4-3-5-7-11/h3-9H,2,10H2,1H3,(H,15,16,18). The second kappa shape index (κ2) is 5.56. The number of benzene rings is 1. The number of hydrogen-bond donors (Lipinski definition) is 1. The van der Waals surface area contributed by atoms with Crippen LogP contribution in [-0.2, 0) is 13.1 Å². The van der Waals surface area contributed by atoms with Gasteiger partial charge < -0.3 is 9.73 Å². The highest BCUT2D eigenvalue weighted by atomic mass is 16.3. The average molecular weight is 269 g/mol. The van der Waals surface area contributed by atoms with Crippen LogP contribution in [0.15, 0.2) is 46.9 Å². The van der Waals surface area contributed by atoms with Crippen LogP contribution in [0.5, 0.6) is 0 Å². The molecule has 0 bridgehead atoms. The molecule has 1 aromatic carbocycles. The molecular formula is C14H15N5O. The number of anilines is 1. The number of tetrazole rings is 1. The van der Waals surface area contributed by atoms with Crippen LogP contribution in [0.2, 0.25) is 0 Å². The Kier molecular flexibility index (Phi) is 3.45. The minimum Gasteiger partial charge on any atom is -0.459 e. The van der Waals surface area contributed by atoms with Crippen molar-refractivity contribution in [3.63, 3.8) is 0 Å². The van der Waals surface area contributed by atoms with E-state index in [1.165, 1.54) is 0 Å². The van der Waals surface area contributed by atoms with E-state index in [4.69, 9.17) is 4.42 Å². The second-order valence-corrected chi connectivity index (χ2v) is 4.30. The molecular weight excluding hydrogens is 254 g/mol. The number of aromatic nitrogens is 4. The van der Waals surface area contributed by atoms with E-state index in [-0.39, 0.29) is 0 Å². The van der Waals surface area contributed by atoms with Crippen molar-refractivity contribution in [3.05, 3.63) is 48.2 Å². The Hall–Kier alpha value is -2.63.